The van der Waals surface area contributed by atoms with Gasteiger partial charge in [0.25, 0.3) is 11.8 Å². The Morgan fingerprint density at radius 3 is 2.69 bits per heavy atom. The number of halogens is 2. The van der Waals surface area contributed by atoms with Crippen molar-refractivity contribution in [2.45, 2.75) is 13.5 Å². The molecule has 1 saturated heterocycles. The summed E-state index contributed by atoms with van der Waals surface area (Å²) in [5, 5.41) is 3.21. The molecule has 1 fully saturated rings. The number of hydrogen-bond donors (Lipinski definition) is 1. The van der Waals surface area contributed by atoms with Crippen LogP contribution in [0, 0.1) is 3.57 Å². The van der Waals surface area contributed by atoms with E-state index in [2.05, 4.69) is 34.5 Å². The highest BCUT2D eigenvalue weighted by atomic mass is 127. The number of rotatable bonds is 8. The molecule has 2 amide bonds. The van der Waals surface area contributed by atoms with Crippen LogP contribution in [0.1, 0.15) is 18.1 Å². The van der Waals surface area contributed by atoms with E-state index in [1.54, 1.807) is 18.2 Å². The summed E-state index contributed by atoms with van der Waals surface area (Å²) in [6.07, 6.45) is 3.05. The van der Waals surface area contributed by atoms with Crippen molar-refractivity contribution in [3.63, 3.8) is 0 Å². The topological polar surface area (TPSA) is 67.9 Å². The van der Waals surface area contributed by atoms with Gasteiger partial charge in [0.1, 0.15) is 12.2 Å². The minimum absolute atomic E-state index is 0.0246. The van der Waals surface area contributed by atoms with Crippen LogP contribution >= 0.6 is 46.4 Å². The summed E-state index contributed by atoms with van der Waals surface area (Å²) in [7, 11) is 0. The van der Waals surface area contributed by atoms with Crippen molar-refractivity contribution in [2.24, 2.45) is 0 Å². The second-order valence-electron chi connectivity index (χ2n) is 6.66. The first-order valence-corrected chi connectivity index (χ1v) is 11.5. The fraction of sp³-hybridized carbons (Fsp3) is 0.174. The van der Waals surface area contributed by atoms with Crippen molar-refractivity contribution in [2.75, 3.05) is 13.2 Å². The van der Waals surface area contributed by atoms with Gasteiger partial charge < -0.3 is 9.47 Å². The van der Waals surface area contributed by atoms with Crippen LogP contribution in [-0.4, -0.2) is 35.0 Å². The number of thiocarbonyl (C=S) groups is 1. The van der Waals surface area contributed by atoms with Gasteiger partial charge in [-0.3, -0.25) is 19.8 Å². The van der Waals surface area contributed by atoms with Crippen LogP contribution in [0.5, 0.6) is 11.5 Å². The molecule has 1 N–H and O–H groups in total. The molecule has 0 atom stereocenters. The van der Waals surface area contributed by atoms with Gasteiger partial charge in [-0.25, -0.2) is 0 Å². The lowest BCUT2D eigenvalue weighted by Crippen LogP contribution is -2.53. The molecule has 1 aliphatic rings. The third kappa shape index (κ3) is 5.48. The second kappa shape index (κ2) is 10.9. The maximum absolute atomic E-state index is 12.8. The smallest absolute Gasteiger partial charge is 0.265 e. The van der Waals surface area contributed by atoms with E-state index >= 15 is 0 Å². The fourth-order valence-electron chi connectivity index (χ4n) is 3.00. The maximum Gasteiger partial charge on any atom is 0.265 e. The number of carbonyl (C=O) groups is 2. The van der Waals surface area contributed by atoms with Crippen LogP contribution in [0.2, 0.25) is 5.02 Å². The minimum atomic E-state index is -0.549. The predicted molar refractivity (Wildman–Crippen MR) is 137 cm³/mol. The van der Waals surface area contributed by atoms with Gasteiger partial charge >= 0.3 is 0 Å². The van der Waals surface area contributed by atoms with Gasteiger partial charge in [0.15, 0.2) is 16.6 Å². The Labute approximate surface area is 210 Å². The van der Waals surface area contributed by atoms with Crippen LogP contribution < -0.4 is 14.8 Å². The quantitative estimate of drug-likeness (QED) is 0.160. The molecule has 2 aromatic rings. The molecule has 3 rings (SSSR count). The van der Waals surface area contributed by atoms with E-state index in [4.69, 9.17) is 33.3 Å². The molecule has 0 unspecified atom stereocenters. The summed E-state index contributed by atoms with van der Waals surface area (Å²) >= 11 is 13.4. The second-order valence-corrected chi connectivity index (χ2v) is 8.62. The molecule has 0 saturated carbocycles. The van der Waals surface area contributed by atoms with Crippen LogP contribution in [0.25, 0.3) is 6.08 Å². The molecule has 0 spiro atoms. The lowest BCUT2D eigenvalue weighted by atomic mass is 10.1. The van der Waals surface area contributed by atoms with Crippen molar-refractivity contribution < 1.29 is 19.1 Å². The Kier molecular flexibility index (Phi) is 8.27. The fourth-order valence-corrected chi connectivity index (χ4v) is 4.22. The molecule has 32 heavy (non-hydrogen) atoms. The van der Waals surface area contributed by atoms with Gasteiger partial charge in [-0.05, 0) is 71.6 Å². The van der Waals surface area contributed by atoms with E-state index in [9.17, 15) is 9.59 Å². The third-order valence-corrected chi connectivity index (χ3v) is 5.96. The molecule has 0 aliphatic carbocycles. The Bertz CT molecular complexity index is 1120. The van der Waals surface area contributed by atoms with Gasteiger partial charge in [-0.2, -0.15) is 0 Å². The molecule has 9 heteroatoms. The van der Waals surface area contributed by atoms with E-state index in [1.807, 2.05) is 31.2 Å². The number of hydrogen-bond acceptors (Lipinski definition) is 5. The van der Waals surface area contributed by atoms with E-state index < -0.39 is 11.8 Å². The summed E-state index contributed by atoms with van der Waals surface area (Å²) in [6.45, 7) is 6.37. The number of nitrogens with one attached hydrogen (secondary N) is 1. The number of benzene rings is 2. The number of amides is 2. The number of carbonyl (C=O) groups excluding carboxylic acids is 2. The van der Waals surface area contributed by atoms with Crippen LogP contribution in [-0.2, 0) is 16.2 Å². The van der Waals surface area contributed by atoms with Crippen molar-refractivity contribution in [3.05, 3.63) is 74.3 Å². The average Bonchev–Trinajstić information content (AvgIpc) is 2.75. The predicted octanol–water partition coefficient (Wildman–Crippen LogP) is 4.74. The molecule has 6 nitrogen and oxygen atoms in total. The van der Waals surface area contributed by atoms with E-state index in [1.165, 1.54) is 11.0 Å². The summed E-state index contributed by atoms with van der Waals surface area (Å²) in [5.74, 6) is 0.0295. The van der Waals surface area contributed by atoms with Crippen LogP contribution in [0.3, 0.4) is 0 Å². The molecular formula is C23H20ClIN2O4S. The number of ether oxygens (including phenoxy) is 2. The van der Waals surface area contributed by atoms with Crippen molar-refractivity contribution in [3.8, 4) is 11.5 Å². The summed E-state index contributed by atoms with van der Waals surface area (Å²) < 4.78 is 12.6. The van der Waals surface area contributed by atoms with Gasteiger partial charge in [-0.15, -0.1) is 6.58 Å². The molecular weight excluding hydrogens is 563 g/mol. The molecule has 1 aliphatic heterocycles. The van der Waals surface area contributed by atoms with Gasteiger partial charge in [0.2, 0.25) is 0 Å². The zero-order chi connectivity index (χ0) is 23.3. The van der Waals surface area contributed by atoms with Gasteiger partial charge in [0.05, 0.1) is 10.2 Å². The highest BCUT2D eigenvalue weighted by Crippen LogP contribution is 2.36. The average molecular weight is 583 g/mol. The Morgan fingerprint density at radius 2 is 2.00 bits per heavy atom. The van der Waals surface area contributed by atoms with E-state index in [0.29, 0.717) is 28.7 Å². The maximum atomic E-state index is 12.8. The highest BCUT2D eigenvalue weighted by Gasteiger charge is 2.32. The third-order valence-electron chi connectivity index (χ3n) is 4.47. The normalized spacial score (nSPS) is 15.0. The Morgan fingerprint density at radius 1 is 1.25 bits per heavy atom. The summed E-state index contributed by atoms with van der Waals surface area (Å²) in [6, 6.07) is 11.0. The molecule has 166 valence electrons. The first-order chi connectivity index (χ1) is 15.3. The van der Waals surface area contributed by atoms with Crippen molar-refractivity contribution in [1.29, 1.82) is 0 Å². The Balaban J connectivity index is 1.93. The first kappa shape index (κ1) is 24.2. The Hall–Kier alpha value is -2.43. The summed E-state index contributed by atoms with van der Waals surface area (Å²) in [5.41, 5.74) is 1.44. The minimum Gasteiger partial charge on any atom is -0.490 e. The molecule has 0 bridgehead atoms. The van der Waals surface area contributed by atoms with E-state index in [0.717, 1.165) is 9.13 Å². The summed E-state index contributed by atoms with van der Waals surface area (Å²) in [4.78, 5) is 26.5. The SMILES string of the molecule is C=CCN1C(=O)/C(=C/c2cc(I)c(OCc3ccccc3Cl)c(OCC)c2)C(=O)NC1=S. The van der Waals surface area contributed by atoms with Crippen molar-refractivity contribution >= 4 is 69.4 Å². The molecule has 0 aromatic heterocycles. The van der Waals surface area contributed by atoms with Crippen LogP contribution in [0.4, 0.5) is 0 Å². The lowest BCUT2D eigenvalue weighted by Gasteiger charge is -2.27. The van der Waals surface area contributed by atoms with Gasteiger partial charge in [0, 0.05) is 17.1 Å². The monoisotopic (exact) mass is 582 g/mol. The first-order valence-electron chi connectivity index (χ1n) is 9.68. The number of nitrogens with zero attached hydrogens (tertiary/aromatic N) is 1. The highest BCUT2D eigenvalue weighted by molar-refractivity contribution is 14.1. The zero-order valence-corrected chi connectivity index (χ0v) is 20.9. The molecule has 0 radical (unpaired) electrons. The van der Waals surface area contributed by atoms with Crippen molar-refractivity contribution in [1.82, 2.24) is 10.2 Å². The zero-order valence-electron chi connectivity index (χ0n) is 17.2. The largest absolute Gasteiger partial charge is 0.490 e. The van der Waals surface area contributed by atoms with Crippen LogP contribution in [0.15, 0.2) is 54.6 Å². The molecule has 1 heterocycles. The van der Waals surface area contributed by atoms with Gasteiger partial charge in [-0.1, -0.05) is 35.9 Å². The van der Waals surface area contributed by atoms with E-state index in [-0.39, 0.29) is 23.8 Å². The standard InChI is InChI=1S/C23H20ClIN2O4S/c1-3-9-27-22(29)16(21(28)26-23(27)32)10-14-11-18(25)20(19(12-14)30-4-2)31-13-15-7-5-6-8-17(15)24/h3,5-8,10-12H,1,4,9,13H2,2H3,(H,26,28,32)/b16-10+. The molecule has 2 aromatic carbocycles. The lowest BCUT2D eigenvalue weighted by molar-refractivity contribution is -0.128.